The van der Waals surface area contributed by atoms with Crippen LogP contribution < -0.4 is 10.2 Å². The van der Waals surface area contributed by atoms with Crippen LogP contribution in [-0.2, 0) is 10.2 Å². The lowest BCUT2D eigenvalue weighted by atomic mass is 9.76. The lowest BCUT2D eigenvalue weighted by Gasteiger charge is -2.35. The fourth-order valence-corrected chi connectivity index (χ4v) is 4.24. The minimum Gasteiger partial charge on any atom is -0.355 e. The number of aromatic nitrogens is 2. The maximum Gasteiger partial charge on any atom is 0.224 e. The van der Waals surface area contributed by atoms with Crippen molar-refractivity contribution >= 4 is 11.7 Å². The maximum absolute atomic E-state index is 13.1. The van der Waals surface area contributed by atoms with Crippen LogP contribution in [0.2, 0.25) is 0 Å². The van der Waals surface area contributed by atoms with E-state index in [1.165, 1.54) is 11.1 Å². The third-order valence-electron chi connectivity index (χ3n) is 6.10. The van der Waals surface area contributed by atoms with Gasteiger partial charge in [-0.15, -0.1) is 0 Å². The van der Waals surface area contributed by atoms with E-state index in [0.29, 0.717) is 13.1 Å². The molecule has 4 rings (SSSR count). The van der Waals surface area contributed by atoms with E-state index in [1.54, 1.807) is 18.6 Å². The molecule has 5 nitrogen and oxygen atoms in total. The highest BCUT2D eigenvalue weighted by atomic mass is 16.1. The Hall–Kier alpha value is -3.21. The zero-order valence-corrected chi connectivity index (χ0v) is 17.4. The highest BCUT2D eigenvalue weighted by Gasteiger charge is 2.32. The second-order valence-electron chi connectivity index (χ2n) is 8.13. The Labute approximate surface area is 178 Å². The van der Waals surface area contributed by atoms with Gasteiger partial charge in [0.25, 0.3) is 0 Å². The molecule has 0 saturated carbocycles. The highest BCUT2D eigenvalue weighted by molar-refractivity contribution is 5.79. The molecule has 1 aromatic heterocycles. The molecule has 1 saturated heterocycles. The van der Waals surface area contributed by atoms with Crippen LogP contribution in [0.25, 0.3) is 0 Å². The molecule has 1 aliphatic heterocycles. The van der Waals surface area contributed by atoms with Crippen molar-refractivity contribution < 1.29 is 4.79 Å². The first-order valence-electron chi connectivity index (χ1n) is 10.6. The van der Waals surface area contributed by atoms with Crippen molar-refractivity contribution in [3.63, 3.8) is 0 Å². The van der Waals surface area contributed by atoms with Crippen LogP contribution in [0, 0.1) is 5.92 Å². The molecule has 5 heteroatoms. The first-order chi connectivity index (χ1) is 14.7. The molecule has 1 fully saturated rings. The summed E-state index contributed by atoms with van der Waals surface area (Å²) < 4.78 is 0. The SMILES string of the molecule is CC(CNC(=O)[C@@H]1CCCN(c2cnccn2)C1)(c1ccccc1)c1ccccc1. The van der Waals surface area contributed by atoms with Crippen LogP contribution in [0.15, 0.2) is 79.3 Å². The minimum absolute atomic E-state index is 0.0449. The third-order valence-corrected chi connectivity index (χ3v) is 6.10. The summed E-state index contributed by atoms with van der Waals surface area (Å²) in [7, 11) is 0. The van der Waals surface area contributed by atoms with Crippen molar-refractivity contribution in [1.29, 1.82) is 0 Å². The number of carbonyl (C=O) groups is 1. The van der Waals surface area contributed by atoms with Gasteiger partial charge in [0.05, 0.1) is 12.1 Å². The molecule has 1 atom stereocenters. The van der Waals surface area contributed by atoms with Crippen LogP contribution in [0.3, 0.4) is 0 Å². The third kappa shape index (κ3) is 4.35. The number of benzene rings is 2. The molecule has 1 amide bonds. The Morgan fingerprint density at radius 2 is 1.73 bits per heavy atom. The molecule has 0 bridgehead atoms. The van der Waals surface area contributed by atoms with Crippen molar-refractivity contribution in [2.24, 2.45) is 5.92 Å². The molecular weight excluding hydrogens is 372 g/mol. The molecule has 30 heavy (non-hydrogen) atoms. The smallest absolute Gasteiger partial charge is 0.224 e. The van der Waals surface area contributed by atoms with E-state index in [9.17, 15) is 4.79 Å². The predicted molar refractivity (Wildman–Crippen MR) is 119 cm³/mol. The van der Waals surface area contributed by atoms with Crippen LogP contribution in [0.5, 0.6) is 0 Å². The fourth-order valence-electron chi connectivity index (χ4n) is 4.24. The van der Waals surface area contributed by atoms with Crippen molar-refractivity contribution in [2.45, 2.75) is 25.2 Å². The Kier molecular flexibility index (Phi) is 6.07. The molecule has 1 N–H and O–H groups in total. The van der Waals surface area contributed by atoms with Gasteiger partial charge in [-0.05, 0) is 30.9 Å². The summed E-state index contributed by atoms with van der Waals surface area (Å²) in [5.41, 5.74) is 2.10. The van der Waals surface area contributed by atoms with E-state index in [-0.39, 0.29) is 17.2 Å². The molecule has 0 aliphatic carbocycles. The standard InChI is InChI=1S/C25H28N4O/c1-25(21-10-4-2-5-11-21,22-12-6-3-7-13-22)19-28-24(30)20-9-8-16-29(18-20)23-17-26-14-15-27-23/h2-7,10-15,17,20H,8-9,16,18-19H2,1H3,(H,28,30)/t20-/m1/s1. The number of piperidine rings is 1. The number of amides is 1. The van der Waals surface area contributed by atoms with E-state index in [1.807, 2.05) is 12.1 Å². The summed E-state index contributed by atoms with van der Waals surface area (Å²) in [6.45, 7) is 4.35. The van der Waals surface area contributed by atoms with Gasteiger partial charge in [0.1, 0.15) is 5.82 Å². The van der Waals surface area contributed by atoms with Crippen LogP contribution in [-0.4, -0.2) is 35.5 Å². The Balaban J connectivity index is 1.48. The maximum atomic E-state index is 13.1. The molecule has 0 spiro atoms. The zero-order valence-electron chi connectivity index (χ0n) is 17.4. The van der Waals surface area contributed by atoms with Crippen molar-refractivity contribution in [3.8, 4) is 0 Å². The van der Waals surface area contributed by atoms with Crippen molar-refractivity contribution in [3.05, 3.63) is 90.4 Å². The van der Waals surface area contributed by atoms with Gasteiger partial charge in [0, 0.05) is 37.4 Å². The van der Waals surface area contributed by atoms with E-state index < -0.39 is 0 Å². The van der Waals surface area contributed by atoms with Crippen molar-refractivity contribution in [2.75, 3.05) is 24.5 Å². The normalized spacial score (nSPS) is 16.8. The Morgan fingerprint density at radius 1 is 1.07 bits per heavy atom. The van der Waals surface area contributed by atoms with Gasteiger partial charge in [-0.25, -0.2) is 4.98 Å². The van der Waals surface area contributed by atoms with Crippen LogP contribution in [0.1, 0.15) is 30.9 Å². The van der Waals surface area contributed by atoms with Crippen LogP contribution >= 0.6 is 0 Å². The second-order valence-corrected chi connectivity index (χ2v) is 8.13. The average molecular weight is 401 g/mol. The monoisotopic (exact) mass is 400 g/mol. The minimum atomic E-state index is -0.294. The molecule has 0 unspecified atom stereocenters. The number of hydrogen-bond acceptors (Lipinski definition) is 4. The average Bonchev–Trinajstić information content (AvgIpc) is 2.84. The van der Waals surface area contributed by atoms with Gasteiger partial charge in [0.15, 0.2) is 0 Å². The van der Waals surface area contributed by atoms with Gasteiger partial charge in [0.2, 0.25) is 5.91 Å². The first-order valence-corrected chi connectivity index (χ1v) is 10.6. The van der Waals surface area contributed by atoms with Gasteiger partial charge < -0.3 is 10.2 Å². The topological polar surface area (TPSA) is 58.1 Å². The molecule has 2 heterocycles. The second kappa shape index (κ2) is 9.08. The van der Waals surface area contributed by atoms with Gasteiger partial charge in [-0.2, -0.15) is 0 Å². The quantitative estimate of drug-likeness (QED) is 0.683. The summed E-state index contributed by atoms with van der Waals surface area (Å²) in [5, 5.41) is 3.26. The molecule has 3 aromatic rings. The zero-order chi connectivity index (χ0) is 20.8. The molecule has 154 valence electrons. The van der Waals surface area contributed by atoms with E-state index in [4.69, 9.17) is 0 Å². The van der Waals surface area contributed by atoms with Gasteiger partial charge >= 0.3 is 0 Å². The lowest BCUT2D eigenvalue weighted by Crippen LogP contribution is -2.47. The number of carbonyl (C=O) groups excluding carboxylic acids is 1. The number of hydrogen-bond donors (Lipinski definition) is 1. The Morgan fingerprint density at radius 3 is 2.33 bits per heavy atom. The summed E-state index contributed by atoms with van der Waals surface area (Å²) in [5.74, 6) is 0.909. The van der Waals surface area contributed by atoms with Gasteiger partial charge in [-0.3, -0.25) is 9.78 Å². The van der Waals surface area contributed by atoms with Crippen molar-refractivity contribution in [1.82, 2.24) is 15.3 Å². The highest BCUT2D eigenvalue weighted by Crippen LogP contribution is 2.31. The molecule has 0 radical (unpaired) electrons. The first kappa shape index (κ1) is 20.1. The number of nitrogens with one attached hydrogen (secondary N) is 1. The molecule has 2 aromatic carbocycles. The summed E-state index contributed by atoms with van der Waals surface area (Å²) in [4.78, 5) is 23.8. The summed E-state index contributed by atoms with van der Waals surface area (Å²) in [6, 6.07) is 20.8. The van der Waals surface area contributed by atoms with Crippen LogP contribution in [0.4, 0.5) is 5.82 Å². The fraction of sp³-hybridized carbons (Fsp3) is 0.320. The largest absolute Gasteiger partial charge is 0.355 e. The lowest BCUT2D eigenvalue weighted by molar-refractivity contribution is -0.125. The summed E-state index contributed by atoms with van der Waals surface area (Å²) >= 11 is 0. The molecular formula is C25H28N4O. The van der Waals surface area contributed by atoms with E-state index in [2.05, 4.69) is 75.6 Å². The summed E-state index contributed by atoms with van der Waals surface area (Å²) in [6.07, 6.45) is 7.01. The van der Waals surface area contributed by atoms with E-state index in [0.717, 1.165) is 25.2 Å². The number of rotatable bonds is 6. The number of anilines is 1. The predicted octanol–water partition coefficient (Wildman–Crippen LogP) is 3.82. The Bertz CT molecular complexity index is 907. The number of nitrogens with zero attached hydrogens (tertiary/aromatic N) is 3. The van der Waals surface area contributed by atoms with E-state index >= 15 is 0 Å². The van der Waals surface area contributed by atoms with Gasteiger partial charge in [-0.1, -0.05) is 60.7 Å². The molecule has 1 aliphatic rings.